The highest BCUT2D eigenvalue weighted by atomic mass is 35.5. The van der Waals surface area contributed by atoms with Crippen LogP contribution in [-0.2, 0) is 9.59 Å². The van der Waals surface area contributed by atoms with E-state index in [1.54, 1.807) is 19.1 Å². The van der Waals surface area contributed by atoms with Crippen LogP contribution in [-0.4, -0.2) is 41.0 Å². The molecule has 0 aromatic heterocycles. The van der Waals surface area contributed by atoms with Crippen LogP contribution in [0.1, 0.15) is 38.8 Å². The normalized spacial score (nSPS) is 24.2. The molecule has 1 saturated heterocycles. The number of rotatable bonds is 5. The van der Waals surface area contributed by atoms with Gasteiger partial charge in [-0.15, -0.1) is 0 Å². The summed E-state index contributed by atoms with van der Waals surface area (Å²) in [5.41, 5.74) is 0.211. The number of carbonyl (C=O) groups is 2. The lowest BCUT2D eigenvalue weighted by atomic mass is 9.90. The number of hydrogen-bond donors (Lipinski definition) is 2. The van der Waals surface area contributed by atoms with Gasteiger partial charge in [0, 0.05) is 18.1 Å². The molecule has 0 radical (unpaired) electrons. The summed E-state index contributed by atoms with van der Waals surface area (Å²) in [5, 5.41) is 12.9. The zero-order valence-electron chi connectivity index (χ0n) is 13.7. The van der Waals surface area contributed by atoms with Crippen LogP contribution in [0.2, 0.25) is 5.02 Å². The Bertz CT molecular complexity index is 590. The number of halogens is 1. The molecule has 23 heavy (non-hydrogen) atoms. The van der Waals surface area contributed by atoms with Crippen molar-refractivity contribution in [2.24, 2.45) is 5.41 Å². The second-order valence-corrected chi connectivity index (χ2v) is 6.98. The maximum Gasteiger partial charge on any atom is 0.310 e. The van der Waals surface area contributed by atoms with Crippen LogP contribution in [0.25, 0.3) is 0 Å². The summed E-state index contributed by atoms with van der Waals surface area (Å²) in [7, 11) is 0. The molecule has 2 rings (SSSR count). The van der Waals surface area contributed by atoms with Gasteiger partial charge in [0.25, 0.3) is 0 Å². The van der Waals surface area contributed by atoms with Crippen molar-refractivity contribution in [2.45, 2.75) is 39.3 Å². The summed E-state index contributed by atoms with van der Waals surface area (Å²) in [6.45, 7) is 6.48. The molecule has 0 spiro atoms. The maximum absolute atomic E-state index is 12.4. The molecule has 1 amide bonds. The summed E-state index contributed by atoms with van der Waals surface area (Å²) in [5.74, 6) is -0.899. The third-order valence-electron chi connectivity index (χ3n) is 4.68. The smallest absolute Gasteiger partial charge is 0.310 e. The Balaban J connectivity index is 1.95. The van der Waals surface area contributed by atoms with Gasteiger partial charge >= 0.3 is 5.97 Å². The van der Waals surface area contributed by atoms with Gasteiger partial charge in [-0.05, 0) is 44.9 Å². The monoisotopic (exact) mass is 338 g/mol. The second kappa shape index (κ2) is 6.89. The first-order valence-electron chi connectivity index (χ1n) is 7.76. The molecule has 126 valence electrons. The zero-order chi connectivity index (χ0) is 17.2. The highest BCUT2D eigenvalue weighted by molar-refractivity contribution is 6.30. The van der Waals surface area contributed by atoms with E-state index >= 15 is 0 Å². The summed E-state index contributed by atoms with van der Waals surface area (Å²) < 4.78 is 0. The number of carbonyl (C=O) groups excluding carboxylic acids is 1. The number of nitrogens with one attached hydrogen (secondary N) is 1. The molecule has 1 fully saturated rings. The number of benzene rings is 1. The minimum absolute atomic E-state index is 0.0953. The van der Waals surface area contributed by atoms with Gasteiger partial charge in [0.05, 0.1) is 17.5 Å². The molecular formula is C17H23ClN2O3. The number of nitrogens with zero attached hydrogens (tertiary/aromatic N) is 1. The van der Waals surface area contributed by atoms with Gasteiger partial charge in [-0.2, -0.15) is 0 Å². The third-order valence-corrected chi connectivity index (χ3v) is 4.93. The van der Waals surface area contributed by atoms with E-state index in [9.17, 15) is 14.7 Å². The molecule has 1 aromatic rings. The first kappa shape index (κ1) is 17.8. The lowest BCUT2D eigenvalue weighted by Gasteiger charge is -2.26. The van der Waals surface area contributed by atoms with Crippen molar-refractivity contribution in [1.29, 1.82) is 0 Å². The van der Waals surface area contributed by atoms with E-state index in [0.29, 0.717) is 24.5 Å². The topological polar surface area (TPSA) is 69.6 Å². The Morgan fingerprint density at radius 1 is 1.30 bits per heavy atom. The van der Waals surface area contributed by atoms with Crippen molar-refractivity contribution in [1.82, 2.24) is 10.2 Å². The summed E-state index contributed by atoms with van der Waals surface area (Å²) in [6.07, 6.45) is 0.562. The Labute approximate surface area is 141 Å². The molecule has 1 aromatic carbocycles. The molecule has 1 aliphatic heterocycles. The van der Waals surface area contributed by atoms with Crippen LogP contribution in [0.15, 0.2) is 24.3 Å². The minimum atomic E-state index is -0.804. The van der Waals surface area contributed by atoms with Gasteiger partial charge in [-0.1, -0.05) is 23.7 Å². The van der Waals surface area contributed by atoms with Gasteiger partial charge in [0.2, 0.25) is 5.91 Å². The van der Waals surface area contributed by atoms with Crippen LogP contribution < -0.4 is 5.32 Å². The molecule has 0 aliphatic carbocycles. The van der Waals surface area contributed by atoms with Crippen LogP contribution in [0.3, 0.4) is 0 Å². The Morgan fingerprint density at radius 2 is 1.91 bits per heavy atom. The van der Waals surface area contributed by atoms with E-state index in [1.165, 1.54) is 0 Å². The predicted octanol–water partition coefficient (Wildman–Crippen LogP) is 2.70. The van der Waals surface area contributed by atoms with Gasteiger partial charge in [-0.25, -0.2) is 0 Å². The molecule has 0 saturated carbocycles. The van der Waals surface area contributed by atoms with Gasteiger partial charge in [0.15, 0.2) is 0 Å². The van der Waals surface area contributed by atoms with Crippen molar-refractivity contribution in [2.75, 3.05) is 13.1 Å². The number of carboxylic acids is 1. The number of hydrogen-bond acceptors (Lipinski definition) is 3. The lowest BCUT2D eigenvalue weighted by Crippen LogP contribution is -2.46. The number of likely N-dealkylation sites (tertiary alicyclic amines) is 1. The first-order valence-corrected chi connectivity index (χ1v) is 8.14. The lowest BCUT2D eigenvalue weighted by molar-refractivity contribution is -0.147. The van der Waals surface area contributed by atoms with E-state index in [4.69, 9.17) is 11.6 Å². The Morgan fingerprint density at radius 3 is 2.43 bits per heavy atom. The largest absolute Gasteiger partial charge is 0.481 e. The molecule has 3 atom stereocenters. The first-order chi connectivity index (χ1) is 10.7. The third kappa shape index (κ3) is 4.03. The van der Waals surface area contributed by atoms with E-state index in [2.05, 4.69) is 5.32 Å². The van der Waals surface area contributed by atoms with Crippen molar-refractivity contribution in [3.63, 3.8) is 0 Å². The minimum Gasteiger partial charge on any atom is -0.481 e. The van der Waals surface area contributed by atoms with Crippen molar-refractivity contribution >= 4 is 23.5 Å². The van der Waals surface area contributed by atoms with Gasteiger partial charge in [0.1, 0.15) is 0 Å². The van der Waals surface area contributed by atoms with Gasteiger partial charge in [-0.3, -0.25) is 14.5 Å². The van der Waals surface area contributed by atoms with E-state index < -0.39 is 11.4 Å². The Kier molecular flexibility index (Phi) is 5.32. The summed E-state index contributed by atoms with van der Waals surface area (Å²) in [6, 6.07) is 6.87. The fourth-order valence-corrected chi connectivity index (χ4v) is 2.96. The summed E-state index contributed by atoms with van der Waals surface area (Å²) >= 11 is 5.87. The fourth-order valence-electron chi connectivity index (χ4n) is 2.84. The van der Waals surface area contributed by atoms with Crippen LogP contribution in [0.4, 0.5) is 0 Å². The second-order valence-electron chi connectivity index (χ2n) is 6.54. The van der Waals surface area contributed by atoms with Crippen LogP contribution in [0.5, 0.6) is 0 Å². The number of carboxylic acid groups (broad SMARTS) is 1. The molecule has 6 heteroatoms. The fraction of sp³-hybridized carbons (Fsp3) is 0.529. The highest BCUT2D eigenvalue weighted by Gasteiger charge is 2.42. The Hall–Kier alpha value is -1.59. The predicted molar refractivity (Wildman–Crippen MR) is 89.4 cm³/mol. The number of aliphatic carboxylic acids is 1. The van der Waals surface area contributed by atoms with E-state index in [0.717, 1.165) is 5.56 Å². The average Bonchev–Trinajstić information content (AvgIpc) is 2.91. The van der Waals surface area contributed by atoms with Crippen molar-refractivity contribution in [3.05, 3.63) is 34.9 Å². The van der Waals surface area contributed by atoms with Crippen LogP contribution >= 0.6 is 11.6 Å². The zero-order valence-corrected chi connectivity index (χ0v) is 14.4. The SMILES string of the molecule is CC(NC(=O)C(C)N1CCC(C)(C(=O)O)C1)c1ccc(Cl)cc1. The molecule has 0 bridgehead atoms. The van der Waals surface area contributed by atoms with Crippen LogP contribution in [0, 0.1) is 5.41 Å². The average molecular weight is 339 g/mol. The summed E-state index contributed by atoms with van der Waals surface area (Å²) in [4.78, 5) is 25.7. The molecule has 1 heterocycles. The van der Waals surface area contributed by atoms with Crippen molar-refractivity contribution in [3.8, 4) is 0 Å². The van der Waals surface area contributed by atoms with Gasteiger partial charge < -0.3 is 10.4 Å². The number of amides is 1. The maximum atomic E-state index is 12.4. The quantitative estimate of drug-likeness (QED) is 0.866. The molecule has 5 nitrogen and oxygen atoms in total. The van der Waals surface area contributed by atoms with E-state index in [1.807, 2.05) is 30.9 Å². The highest BCUT2D eigenvalue weighted by Crippen LogP contribution is 2.31. The molecule has 1 aliphatic rings. The van der Waals surface area contributed by atoms with E-state index in [-0.39, 0.29) is 18.0 Å². The van der Waals surface area contributed by atoms with Crippen molar-refractivity contribution < 1.29 is 14.7 Å². The standard InChI is InChI=1S/C17H23ClN2O3/c1-11(13-4-6-14(18)7-5-13)19-15(21)12(2)20-9-8-17(3,10-20)16(22)23/h4-7,11-12H,8-10H2,1-3H3,(H,19,21)(H,22,23). The molecule has 2 N–H and O–H groups in total. The molecule has 3 unspecified atom stereocenters. The molecular weight excluding hydrogens is 316 g/mol.